The lowest BCUT2D eigenvalue weighted by Crippen LogP contribution is -2.48. The standard InChI is InChI=1S/C13H26N2OS/c1-3-13-9-15(5-7-17-13)11(2)8-12-10-16-6-4-14-12/h11-14H,3-10H2,1-2H3. The second-order valence-corrected chi connectivity index (χ2v) is 6.61. The van der Waals surface area contributed by atoms with Gasteiger partial charge in [-0.25, -0.2) is 0 Å². The summed E-state index contributed by atoms with van der Waals surface area (Å²) in [6.07, 6.45) is 2.53. The first-order chi connectivity index (χ1) is 8.29. The van der Waals surface area contributed by atoms with Gasteiger partial charge in [0.1, 0.15) is 0 Å². The van der Waals surface area contributed by atoms with Crippen LogP contribution in [0.2, 0.25) is 0 Å². The summed E-state index contributed by atoms with van der Waals surface area (Å²) in [5, 5.41) is 4.41. The van der Waals surface area contributed by atoms with Crippen molar-refractivity contribution >= 4 is 11.8 Å². The van der Waals surface area contributed by atoms with E-state index in [1.165, 1.54) is 31.7 Å². The van der Waals surface area contributed by atoms with Crippen molar-refractivity contribution < 1.29 is 4.74 Å². The molecule has 4 heteroatoms. The van der Waals surface area contributed by atoms with Gasteiger partial charge in [0.05, 0.1) is 13.2 Å². The van der Waals surface area contributed by atoms with Gasteiger partial charge in [-0.3, -0.25) is 4.90 Å². The third kappa shape index (κ3) is 4.12. The Bertz CT molecular complexity index is 221. The van der Waals surface area contributed by atoms with Crippen molar-refractivity contribution in [3.05, 3.63) is 0 Å². The van der Waals surface area contributed by atoms with Crippen LogP contribution < -0.4 is 5.32 Å². The van der Waals surface area contributed by atoms with Crippen LogP contribution in [-0.2, 0) is 4.74 Å². The maximum Gasteiger partial charge on any atom is 0.0620 e. The molecule has 17 heavy (non-hydrogen) atoms. The third-order valence-corrected chi connectivity index (χ3v) is 5.25. The molecule has 0 aromatic carbocycles. The Kier molecular flexibility index (Phi) is 5.60. The highest BCUT2D eigenvalue weighted by molar-refractivity contribution is 8.00. The van der Waals surface area contributed by atoms with E-state index < -0.39 is 0 Å². The van der Waals surface area contributed by atoms with Crippen molar-refractivity contribution in [2.24, 2.45) is 0 Å². The summed E-state index contributed by atoms with van der Waals surface area (Å²) >= 11 is 2.15. The minimum atomic E-state index is 0.563. The Balaban J connectivity index is 1.75. The van der Waals surface area contributed by atoms with Crippen molar-refractivity contribution in [2.75, 3.05) is 38.6 Å². The molecular formula is C13H26N2OS. The zero-order valence-electron chi connectivity index (χ0n) is 11.2. The van der Waals surface area contributed by atoms with Gasteiger partial charge in [0.2, 0.25) is 0 Å². The molecule has 0 aromatic heterocycles. The van der Waals surface area contributed by atoms with Gasteiger partial charge in [0, 0.05) is 42.7 Å². The van der Waals surface area contributed by atoms with Crippen LogP contribution in [0.5, 0.6) is 0 Å². The number of nitrogens with one attached hydrogen (secondary N) is 1. The summed E-state index contributed by atoms with van der Waals surface area (Å²) in [6, 6.07) is 1.25. The molecule has 2 aliphatic heterocycles. The first kappa shape index (κ1) is 13.7. The Morgan fingerprint density at radius 1 is 1.53 bits per heavy atom. The molecule has 3 unspecified atom stereocenters. The van der Waals surface area contributed by atoms with E-state index in [0.29, 0.717) is 12.1 Å². The van der Waals surface area contributed by atoms with E-state index in [0.717, 1.165) is 25.0 Å². The largest absolute Gasteiger partial charge is 0.379 e. The monoisotopic (exact) mass is 258 g/mol. The topological polar surface area (TPSA) is 24.5 Å². The van der Waals surface area contributed by atoms with Gasteiger partial charge in [-0.1, -0.05) is 6.92 Å². The fraction of sp³-hybridized carbons (Fsp3) is 1.00. The van der Waals surface area contributed by atoms with Gasteiger partial charge in [-0.2, -0.15) is 11.8 Å². The predicted molar refractivity (Wildman–Crippen MR) is 74.8 cm³/mol. The maximum atomic E-state index is 5.53. The van der Waals surface area contributed by atoms with E-state index in [-0.39, 0.29) is 0 Å². The van der Waals surface area contributed by atoms with Crippen LogP contribution >= 0.6 is 11.8 Å². The van der Waals surface area contributed by atoms with E-state index in [1.807, 2.05) is 0 Å². The van der Waals surface area contributed by atoms with Crippen molar-refractivity contribution in [1.29, 1.82) is 0 Å². The maximum absolute atomic E-state index is 5.53. The molecule has 2 aliphatic rings. The van der Waals surface area contributed by atoms with E-state index in [2.05, 4.69) is 35.8 Å². The molecule has 3 atom stereocenters. The number of ether oxygens (including phenoxy) is 1. The molecule has 0 radical (unpaired) electrons. The molecule has 2 saturated heterocycles. The van der Waals surface area contributed by atoms with E-state index in [9.17, 15) is 0 Å². The minimum Gasteiger partial charge on any atom is -0.379 e. The van der Waals surface area contributed by atoms with Crippen LogP contribution in [0.3, 0.4) is 0 Å². The lowest BCUT2D eigenvalue weighted by molar-refractivity contribution is 0.0622. The molecular weight excluding hydrogens is 232 g/mol. The zero-order valence-corrected chi connectivity index (χ0v) is 12.0. The van der Waals surface area contributed by atoms with Gasteiger partial charge in [-0.05, 0) is 19.8 Å². The molecule has 2 fully saturated rings. The van der Waals surface area contributed by atoms with Crippen molar-refractivity contribution in [1.82, 2.24) is 10.2 Å². The highest BCUT2D eigenvalue weighted by Gasteiger charge is 2.25. The second kappa shape index (κ2) is 6.98. The number of morpholine rings is 1. The van der Waals surface area contributed by atoms with Gasteiger partial charge in [0.15, 0.2) is 0 Å². The Hall–Kier alpha value is 0.230. The summed E-state index contributed by atoms with van der Waals surface area (Å²) in [5.74, 6) is 1.30. The fourth-order valence-electron chi connectivity index (χ4n) is 2.72. The van der Waals surface area contributed by atoms with Crippen LogP contribution in [0.15, 0.2) is 0 Å². The van der Waals surface area contributed by atoms with Crippen molar-refractivity contribution in [3.8, 4) is 0 Å². The number of hydrogen-bond acceptors (Lipinski definition) is 4. The number of nitrogens with zero attached hydrogens (tertiary/aromatic N) is 1. The molecule has 0 bridgehead atoms. The molecule has 100 valence electrons. The molecule has 0 aromatic rings. The number of rotatable bonds is 4. The number of hydrogen-bond donors (Lipinski definition) is 1. The predicted octanol–water partition coefficient (Wildman–Crippen LogP) is 1.58. The SMILES string of the molecule is CCC1CN(C(C)CC2COCCN2)CCS1. The average Bonchev–Trinajstić information content (AvgIpc) is 2.40. The second-order valence-electron chi connectivity index (χ2n) is 5.21. The average molecular weight is 258 g/mol. The smallest absolute Gasteiger partial charge is 0.0620 e. The summed E-state index contributed by atoms with van der Waals surface area (Å²) in [4.78, 5) is 2.67. The van der Waals surface area contributed by atoms with Crippen LogP contribution in [0.25, 0.3) is 0 Å². The highest BCUT2D eigenvalue weighted by Crippen LogP contribution is 2.23. The normalized spacial score (nSPS) is 33.5. The molecule has 0 saturated carbocycles. The van der Waals surface area contributed by atoms with E-state index >= 15 is 0 Å². The lowest BCUT2D eigenvalue weighted by Gasteiger charge is -2.38. The lowest BCUT2D eigenvalue weighted by atomic mass is 10.1. The van der Waals surface area contributed by atoms with Gasteiger partial charge >= 0.3 is 0 Å². The molecule has 3 nitrogen and oxygen atoms in total. The Morgan fingerprint density at radius 2 is 2.41 bits per heavy atom. The minimum absolute atomic E-state index is 0.563. The van der Waals surface area contributed by atoms with E-state index in [4.69, 9.17) is 4.74 Å². The van der Waals surface area contributed by atoms with Crippen LogP contribution in [-0.4, -0.2) is 60.8 Å². The van der Waals surface area contributed by atoms with Crippen LogP contribution in [0, 0.1) is 0 Å². The first-order valence-electron chi connectivity index (χ1n) is 6.96. The fourth-order valence-corrected chi connectivity index (χ4v) is 3.93. The molecule has 0 spiro atoms. The summed E-state index contributed by atoms with van der Waals surface area (Å²) in [6.45, 7) is 10.0. The van der Waals surface area contributed by atoms with Gasteiger partial charge in [-0.15, -0.1) is 0 Å². The first-order valence-corrected chi connectivity index (χ1v) is 8.01. The van der Waals surface area contributed by atoms with Gasteiger partial charge in [0.25, 0.3) is 0 Å². The van der Waals surface area contributed by atoms with Crippen molar-refractivity contribution in [2.45, 2.75) is 44.0 Å². The van der Waals surface area contributed by atoms with Crippen LogP contribution in [0.1, 0.15) is 26.7 Å². The summed E-state index contributed by atoms with van der Waals surface area (Å²) in [5.41, 5.74) is 0. The van der Waals surface area contributed by atoms with Crippen molar-refractivity contribution in [3.63, 3.8) is 0 Å². The molecule has 2 rings (SSSR count). The van der Waals surface area contributed by atoms with Crippen LogP contribution in [0.4, 0.5) is 0 Å². The molecule has 1 N–H and O–H groups in total. The third-order valence-electron chi connectivity index (χ3n) is 3.87. The zero-order chi connectivity index (χ0) is 12.1. The summed E-state index contributed by atoms with van der Waals surface area (Å²) in [7, 11) is 0. The Morgan fingerprint density at radius 3 is 3.12 bits per heavy atom. The highest BCUT2D eigenvalue weighted by atomic mass is 32.2. The number of thioether (sulfide) groups is 1. The molecule has 0 amide bonds. The van der Waals surface area contributed by atoms with Gasteiger partial charge < -0.3 is 10.1 Å². The molecule has 0 aliphatic carbocycles. The van der Waals surface area contributed by atoms with E-state index in [1.54, 1.807) is 0 Å². The Labute approximate surface area is 110 Å². The summed E-state index contributed by atoms with van der Waals surface area (Å²) < 4.78 is 5.53. The molecule has 2 heterocycles. The quantitative estimate of drug-likeness (QED) is 0.827.